The second-order valence-electron chi connectivity index (χ2n) is 3.30. The van der Waals surface area contributed by atoms with Gasteiger partial charge in [0.2, 0.25) is 5.76 Å². The molecule has 4 nitrogen and oxygen atoms in total. The topological polar surface area (TPSA) is 55.1 Å². The molecule has 1 aromatic carbocycles. The molecular weight excluding hydrogens is 272 g/mol. The summed E-state index contributed by atoms with van der Waals surface area (Å²) in [6.07, 6.45) is 1.51. The molecule has 2 rings (SSSR count). The van der Waals surface area contributed by atoms with E-state index in [4.69, 9.17) is 4.52 Å². The fraction of sp³-hybridized carbons (Fsp3) is 0.0909. The molecule has 16 heavy (non-hydrogen) atoms. The van der Waals surface area contributed by atoms with Gasteiger partial charge in [-0.05, 0) is 25.1 Å². The molecule has 0 atom stereocenters. The van der Waals surface area contributed by atoms with Crippen molar-refractivity contribution in [3.63, 3.8) is 0 Å². The van der Waals surface area contributed by atoms with E-state index in [1.165, 1.54) is 6.20 Å². The third kappa shape index (κ3) is 2.30. The van der Waals surface area contributed by atoms with Crippen molar-refractivity contribution in [1.29, 1.82) is 0 Å². The normalized spacial score (nSPS) is 10.1. The smallest absolute Gasteiger partial charge is 0.294 e. The van der Waals surface area contributed by atoms with Gasteiger partial charge in [-0.25, -0.2) is 0 Å². The van der Waals surface area contributed by atoms with Crippen LogP contribution in [0.3, 0.4) is 0 Å². The molecule has 0 saturated heterocycles. The van der Waals surface area contributed by atoms with Crippen molar-refractivity contribution >= 4 is 27.5 Å². The summed E-state index contributed by atoms with van der Waals surface area (Å²) in [6.45, 7) is 1.77. The van der Waals surface area contributed by atoms with Crippen LogP contribution in [0.15, 0.2) is 39.5 Å². The van der Waals surface area contributed by atoms with Gasteiger partial charge >= 0.3 is 0 Å². The van der Waals surface area contributed by atoms with Crippen LogP contribution in [0.25, 0.3) is 0 Å². The van der Waals surface area contributed by atoms with Crippen molar-refractivity contribution < 1.29 is 9.32 Å². The minimum atomic E-state index is -0.298. The van der Waals surface area contributed by atoms with Gasteiger partial charge in [-0.2, -0.15) is 0 Å². The number of nitrogens with zero attached hydrogens (tertiary/aromatic N) is 1. The molecule has 0 aliphatic carbocycles. The van der Waals surface area contributed by atoms with Gasteiger partial charge in [0, 0.05) is 15.7 Å². The number of anilines is 1. The SMILES string of the molecule is Cc1cnoc1C(=O)Nc1cccc(Br)c1. The maximum atomic E-state index is 11.7. The van der Waals surface area contributed by atoms with E-state index in [9.17, 15) is 4.79 Å². The largest absolute Gasteiger partial charge is 0.351 e. The Balaban J connectivity index is 2.17. The second-order valence-corrected chi connectivity index (χ2v) is 4.22. The molecule has 0 bridgehead atoms. The highest BCUT2D eigenvalue weighted by Gasteiger charge is 2.13. The Morgan fingerprint density at radius 2 is 2.31 bits per heavy atom. The predicted octanol–water partition coefficient (Wildman–Crippen LogP) is 3.00. The van der Waals surface area contributed by atoms with Crippen LogP contribution in [0.5, 0.6) is 0 Å². The summed E-state index contributed by atoms with van der Waals surface area (Å²) in [5.41, 5.74) is 1.42. The lowest BCUT2D eigenvalue weighted by Gasteiger charge is -2.03. The standard InChI is InChI=1S/C11H9BrN2O2/c1-7-6-13-16-10(7)11(15)14-9-4-2-3-8(12)5-9/h2-6H,1H3,(H,14,15). The van der Waals surface area contributed by atoms with E-state index in [2.05, 4.69) is 26.4 Å². The second kappa shape index (κ2) is 4.49. The van der Waals surface area contributed by atoms with Gasteiger partial charge in [-0.1, -0.05) is 27.2 Å². The Hall–Kier alpha value is -1.62. The predicted molar refractivity (Wildman–Crippen MR) is 63.3 cm³/mol. The Kier molecular flexibility index (Phi) is 3.05. The highest BCUT2D eigenvalue weighted by atomic mass is 79.9. The molecule has 0 radical (unpaired) electrons. The average molecular weight is 281 g/mol. The van der Waals surface area contributed by atoms with Crippen molar-refractivity contribution in [2.45, 2.75) is 6.92 Å². The Morgan fingerprint density at radius 1 is 1.50 bits per heavy atom. The minimum absolute atomic E-state index is 0.236. The molecule has 0 unspecified atom stereocenters. The van der Waals surface area contributed by atoms with Gasteiger partial charge in [-0.3, -0.25) is 4.79 Å². The molecule has 0 aliphatic rings. The van der Waals surface area contributed by atoms with E-state index in [1.807, 2.05) is 18.2 Å². The maximum absolute atomic E-state index is 11.7. The van der Waals surface area contributed by atoms with E-state index in [0.29, 0.717) is 11.3 Å². The summed E-state index contributed by atoms with van der Waals surface area (Å²) in [6, 6.07) is 7.33. The van der Waals surface area contributed by atoms with Gasteiger partial charge < -0.3 is 9.84 Å². The zero-order valence-corrected chi connectivity index (χ0v) is 10.1. The number of aryl methyl sites for hydroxylation is 1. The first-order valence-corrected chi connectivity index (χ1v) is 5.44. The van der Waals surface area contributed by atoms with E-state index in [1.54, 1.807) is 13.0 Å². The molecule has 2 aromatic rings. The first-order valence-electron chi connectivity index (χ1n) is 4.65. The number of halogens is 1. The lowest BCUT2D eigenvalue weighted by Crippen LogP contribution is -2.11. The molecule has 1 amide bonds. The third-order valence-corrected chi connectivity index (χ3v) is 2.53. The summed E-state index contributed by atoms with van der Waals surface area (Å²) in [5, 5.41) is 6.28. The molecular formula is C11H9BrN2O2. The zero-order chi connectivity index (χ0) is 11.5. The molecule has 5 heteroatoms. The number of benzene rings is 1. The highest BCUT2D eigenvalue weighted by molar-refractivity contribution is 9.10. The summed E-state index contributed by atoms with van der Waals surface area (Å²) in [4.78, 5) is 11.7. The van der Waals surface area contributed by atoms with Crippen molar-refractivity contribution in [3.8, 4) is 0 Å². The number of aromatic nitrogens is 1. The molecule has 1 aromatic heterocycles. The minimum Gasteiger partial charge on any atom is -0.351 e. The summed E-state index contributed by atoms with van der Waals surface area (Å²) in [5.74, 6) is -0.0620. The third-order valence-electron chi connectivity index (χ3n) is 2.04. The summed E-state index contributed by atoms with van der Waals surface area (Å²) < 4.78 is 5.76. The van der Waals surface area contributed by atoms with Crippen LogP contribution in [0.4, 0.5) is 5.69 Å². The van der Waals surface area contributed by atoms with Crippen molar-refractivity contribution in [2.24, 2.45) is 0 Å². The number of carbonyl (C=O) groups excluding carboxylic acids is 1. The number of rotatable bonds is 2. The summed E-state index contributed by atoms with van der Waals surface area (Å²) in [7, 11) is 0. The van der Waals surface area contributed by atoms with Gasteiger partial charge in [0.1, 0.15) is 0 Å². The molecule has 0 saturated carbocycles. The average Bonchev–Trinajstić information content (AvgIpc) is 2.64. The first kappa shape index (κ1) is 10.9. The van der Waals surface area contributed by atoms with Crippen LogP contribution in [-0.2, 0) is 0 Å². The van der Waals surface area contributed by atoms with Crippen LogP contribution in [0.1, 0.15) is 16.1 Å². The van der Waals surface area contributed by atoms with Crippen LogP contribution in [0.2, 0.25) is 0 Å². The molecule has 0 spiro atoms. The number of amides is 1. The Labute approximate surface area is 101 Å². The zero-order valence-electron chi connectivity index (χ0n) is 8.53. The number of hydrogen-bond acceptors (Lipinski definition) is 3. The van der Waals surface area contributed by atoms with E-state index >= 15 is 0 Å². The monoisotopic (exact) mass is 280 g/mol. The molecule has 0 fully saturated rings. The van der Waals surface area contributed by atoms with Crippen molar-refractivity contribution in [3.05, 3.63) is 46.3 Å². The first-order chi connectivity index (χ1) is 7.66. The fourth-order valence-electron chi connectivity index (χ4n) is 1.26. The van der Waals surface area contributed by atoms with Gasteiger partial charge in [0.25, 0.3) is 5.91 Å². The van der Waals surface area contributed by atoms with E-state index in [0.717, 1.165) is 4.47 Å². The summed E-state index contributed by atoms with van der Waals surface area (Å²) >= 11 is 3.33. The van der Waals surface area contributed by atoms with Crippen molar-refractivity contribution in [2.75, 3.05) is 5.32 Å². The highest BCUT2D eigenvalue weighted by Crippen LogP contribution is 2.17. The van der Waals surface area contributed by atoms with Crippen LogP contribution >= 0.6 is 15.9 Å². The van der Waals surface area contributed by atoms with E-state index in [-0.39, 0.29) is 11.7 Å². The van der Waals surface area contributed by atoms with E-state index < -0.39 is 0 Å². The fourth-order valence-corrected chi connectivity index (χ4v) is 1.66. The number of nitrogens with one attached hydrogen (secondary N) is 1. The van der Waals surface area contributed by atoms with Crippen LogP contribution < -0.4 is 5.32 Å². The Bertz CT molecular complexity index is 522. The van der Waals surface area contributed by atoms with Gasteiger partial charge in [-0.15, -0.1) is 0 Å². The number of hydrogen-bond donors (Lipinski definition) is 1. The quantitative estimate of drug-likeness (QED) is 0.920. The Morgan fingerprint density at radius 3 is 2.94 bits per heavy atom. The lowest BCUT2D eigenvalue weighted by atomic mass is 10.2. The molecule has 1 N–H and O–H groups in total. The lowest BCUT2D eigenvalue weighted by molar-refractivity contribution is 0.0987. The van der Waals surface area contributed by atoms with Crippen LogP contribution in [-0.4, -0.2) is 11.1 Å². The van der Waals surface area contributed by atoms with Crippen molar-refractivity contribution in [1.82, 2.24) is 5.16 Å². The van der Waals surface area contributed by atoms with Gasteiger partial charge in [0.05, 0.1) is 6.20 Å². The van der Waals surface area contributed by atoms with Crippen LogP contribution in [0, 0.1) is 6.92 Å². The maximum Gasteiger partial charge on any atom is 0.294 e. The van der Waals surface area contributed by atoms with Gasteiger partial charge in [0.15, 0.2) is 0 Å². The number of carbonyl (C=O) groups is 1. The molecule has 1 heterocycles. The molecule has 82 valence electrons. The molecule has 0 aliphatic heterocycles.